The van der Waals surface area contributed by atoms with Gasteiger partial charge in [-0.15, -0.1) is 0 Å². The lowest BCUT2D eigenvalue weighted by atomic mass is 10.0. The number of nitrogens with one attached hydrogen (secondary N) is 2. The molecular weight excluding hydrogens is 208 g/mol. The lowest BCUT2D eigenvalue weighted by Gasteiger charge is -2.05. The Hall–Kier alpha value is -1.28. The fourth-order valence-corrected chi connectivity index (χ4v) is 2.54. The fraction of sp³-hybridized carbons (Fsp3) is 0.467. The van der Waals surface area contributed by atoms with Crippen molar-refractivity contribution in [3.63, 3.8) is 0 Å². The summed E-state index contributed by atoms with van der Waals surface area (Å²) in [5.41, 5.74) is 5.49. The molecule has 2 N–H and O–H groups in total. The number of H-pyrrole nitrogens is 1. The first-order valence-corrected chi connectivity index (χ1v) is 6.55. The van der Waals surface area contributed by atoms with Gasteiger partial charge in [0.05, 0.1) is 0 Å². The van der Waals surface area contributed by atoms with Crippen LogP contribution in [0.4, 0.5) is 0 Å². The molecule has 0 spiro atoms. The van der Waals surface area contributed by atoms with Crippen molar-refractivity contribution in [2.75, 3.05) is 6.54 Å². The molecule has 0 radical (unpaired) electrons. The molecule has 2 aromatic rings. The van der Waals surface area contributed by atoms with Gasteiger partial charge in [-0.3, -0.25) is 0 Å². The van der Waals surface area contributed by atoms with Gasteiger partial charge in [0.1, 0.15) is 0 Å². The highest BCUT2D eigenvalue weighted by Gasteiger charge is 2.19. The van der Waals surface area contributed by atoms with Gasteiger partial charge in [-0.05, 0) is 56.3 Å². The normalized spacial score (nSPS) is 15.6. The number of aryl methyl sites for hydroxylation is 2. The van der Waals surface area contributed by atoms with Crippen molar-refractivity contribution in [2.24, 2.45) is 0 Å². The minimum absolute atomic E-state index is 0.808. The summed E-state index contributed by atoms with van der Waals surface area (Å²) in [6.07, 6.45) is 6.04. The highest BCUT2D eigenvalue weighted by atomic mass is 14.9. The summed E-state index contributed by atoms with van der Waals surface area (Å²) in [6.45, 7) is 5.48. The lowest BCUT2D eigenvalue weighted by molar-refractivity contribution is 0.683. The van der Waals surface area contributed by atoms with Gasteiger partial charge in [0, 0.05) is 23.1 Å². The minimum Gasteiger partial charge on any atom is -0.361 e. The van der Waals surface area contributed by atoms with E-state index in [1.165, 1.54) is 40.4 Å². The lowest BCUT2D eigenvalue weighted by Crippen LogP contribution is -2.19. The van der Waals surface area contributed by atoms with Gasteiger partial charge in [0.25, 0.3) is 0 Å². The summed E-state index contributed by atoms with van der Waals surface area (Å²) in [4.78, 5) is 3.42. The van der Waals surface area contributed by atoms with E-state index < -0.39 is 0 Å². The van der Waals surface area contributed by atoms with E-state index in [0.717, 1.165) is 19.0 Å². The number of aromatic amines is 1. The first-order valence-electron chi connectivity index (χ1n) is 6.55. The van der Waals surface area contributed by atoms with Crippen LogP contribution in [0.1, 0.15) is 29.5 Å². The van der Waals surface area contributed by atoms with E-state index in [1.54, 1.807) is 0 Å². The molecule has 1 aromatic heterocycles. The van der Waals surface area contributed by atoms with Crippen molar-refractivity contribution >= 4 is 10.9 Å². The molecule has 1 aliphatic rings. The SMILES string of the molecule is Cc1ccc(C)c2c(CCNC3CC3)c[nH]c12. The predicted octanol–water partition coefficient (Wildman–Crippen LogP) is 3.08. The van der Waals surface area contributed by atoms with Gasteiger partial charge in [0.15, 0.2) is 0 Å². The molecule has 0 amide bonds. The third-order valence-electron chi connectivity index (χ3n) is 3.74. The van der Waals surface area contributed by atoms with Gasteiger partial charge >= 0.3 is 0 Å². The van der Waals surface area contributed by atoms with Crippen LogP contribution in [-0.4, -0.2) is 17.6 Å². The van der Waals surface area contributed by atoms with Crippen molar-refractivity contribution in [3.05, 3.63) is 35.0 Å². The highest BCUT2D eigenvalue weighted by Crippen LogP contribution is 2.25. The van der Waals surface area contributed by atoms with Crippen LogP contribution in [-0.2, 0) is 6.42 Å². The zero-order valence-corrected chi connectivity index (χ0v) is 10.6. The first-order chi connectivity index (χ1) is 8.25. The van der Waals surface area contributed by atoms with E-state index in [0.29, 0.717) is 0 Å². The Morgan fingerprint density at radius 2 is 2.00 bits per heavy atom. The van der Waals surface area contributed by atoms with Crippen LogP contribution in [0, 0.1) is 13.8 Å². The van der Waals surface area contributed by atoms with E-state index in [4.69, 9.17) is 0 Å². The van der Waals surface area contributed by atoms with Crippen LogP contribution in [0.25, 0.3) is 10.9 Å². The molecule has 0 unspecified atom stereocenters. The first kappa shape index (κ1) is 10.8. The van der Waals surface area contributed by atoms with Crippen LogP contribution in [0.3, 0.4) is 0 Å². The molecule has 2 heteroatoms. The molecule has 1 aromatic carbocycles. The largest absolute Gasteiger partial charge is 0.361 e. The summed E-state index contributed by atoms with van der Waals surface area (Å²) in [6, 6.07) is 5.23. The predicted molar refractivity (Wildman–Crippen MR) is 72.5 cm³/mol. The Labute approximate surface area is 102 Å². The smallest absolute Gasteiger partial charge is 0.0489 e. The molecule has 1 fully saturated rings. The fourth-order valence-electron chi connectivity index (χ4n) is 2.54. The topological polar surface area (TPSA) is 27.8 Å². The molecular formula is C15H20N2. The summed E-state index contributed by atoms with van der Waals surface area (Å²) >= 11 is 0. The third-order valence-corrected chi connectivity index (χ3v) is 3.74. The van der Waals surface area contributed by atoms with E-state index in [1.807, 2.05) is 0 Å². The van der Waals surface area contributed by atoms with Gasteiger partial charge in [-0.1, -0.05) is 12.1 Å². The van der Waals surface area contributed by atoms with Crippen molar-refractivity contribution in [2.45, 2.75) is 39.2 Å². The molecule has 3 rings (SSSR count). The number of hydrogen-bond donors (Lipinski definition) is 2. The Morgan fingerprint density at radius 1 is 1.24 bits per heavy atom. The molecule has 0 aliphatic heterocycles. The summed E-state index contributed by atoms with van der Waals surface area (Å²) < 4.78 is 0. The van der Waals surface area contributed by atoms with Crippen molar-refractivity contribution < 1.29 is 0 Å². The second kappa shape index (κ2) is 4.19. The standard InChI is InChI=1S/C15H20N2/c1-10-3-4-11(2)15-14(10)12(9-17-15)7-8-16-13-5-6-13/h3-4,9,13,16-17H,5-8H2,1-2H3. The molecule has 0 saturated heterocycles. The van der Waals surface area contributed by atoms with E-state index in [9.17, 15) is 0 Å². The van der Waals surface area contributed by atoms with E-state index in [2.05, 4.69) is 42.5 Å². The third kappa shape index (κ3) is 2.09. The highest BCUT2D eigenvalue weighted by molar-refractivity contribution is 5.88. The molecule has 90 valence electrons. The molecule has 0 atom stereocenters. The van der Waals surface area contributed by atoms with Gasteiger partial charge < -0.3 is 10.3 Å². The van der Waals surface area contributed by atoms with Crippen LogP contribution in [0.15, 0.2) is 18.3 Å². The number of aromatic nitrogens is 1. The molecule has 1 heterocycles. The summed E-state index contributed by atoms with van der Waals surface area (Å²) in [7, 11) is 0. The average molecular weight is 228 g/mol. The quantitative estimate of drug-likeness (QED) is 0.827. The summed E-state index contributed by atoms with van der Waals surface area (Å²) in [5, 5.41) is 5.01. The summed E-state index contributed by atoms with van der Waals surface area (Å²) in [5.74, 6) is 0. The number of hydrogen-bond acceptors (Lipinski definition) is 1. The van der Waals surface area contributed by atoms with E-state index >= 15 is 0 Å². The Kier molecular flexibility index (Phi) is 2.67. The second-order valence-electron chi connectivity index (χ2n) is 5.24. The molecule has 1 saturated carbocycles. The second-order valence-corrected chi connectivity index (χ2v) is 5.24. The van der Waals surface area contributed by atoms with Crippen molar-refractivity contribution in [3.8, 4) is 0 Å². The van der Waals surface area contributed by atoms with Gasteiger partial charge in [-0.25, -0.2) is 0 Å². The van der Waals surface area contributed by atoms with Crippen LogP contribution in [0.5, 0.6) is 0 Å². The monoisotopic (exact) mass is 228 g/mol. The average Bonchev–Trinajstić information content (AvgIpc) is 3.03. The molecule has 0 bridgehead atoms. The number of rotatable bonds is 4. The molecule has 17 heavy (non-hydrogen) atoms. The van der Waals surface area contributed by atoms with Crippen LogP contribution in [0.2, 0.25) is 0 Å². The van der Waals surface area contributed by atoms with E-state index in [-0.39, 0.29) is 0 Å². The zero-order valence-electron chi connectivity index (χ0n) is 10.6. The number of benzene rings is 1. The Bertz CT molecular complexity index is 535. The maximum atomic E-state index is 3.58. The maximum Gasteiger partial charge on any atom is 0.0489 e. The van der Waals surface area contributed by atoms with Crippen molar-refractivity contribution in [1.29, 1.82) is 0 Å². The van der Waals surface area contributed by atoms with Crippen LogP contribution < -0.4 is 5.32 Å². The van der Waals surface area contributed by atoms with Crippen molar-refractivity contribution in [1.82, 2.24) is 10.3 Å². The van der Waals surface area contributed by atoms with Gasteiger partial charge in [0.2, 0.25) is 0 Å². The zero-order chi connectivity index (χ0) is 11.8. The Balaban J connectivity index is 1.85. The molecule has 1 aliphatic carbocycles. The van der Waals surface area contributed by atoms with Gasteiger partial charge in [-0.2, -0.15) is 0 Å². The molecule has 2 nitrogen and oxygen atoms in total. The van der Waals surface area contributed by atoms with Crippen LogP contribution >= 0.6 is 0 Å². The minimum atomic E-state index is 0.808. The number of fused-ring (bicyclic) bond motifs is 1. The Morgan fingerprint density at radius 3 is 2.76 bits per heavy atom. The maximum absolute atomic E-state index is 3.58.